The molecule has 1 amide bonds. The first-order valence-electron chi connectivity index (χ1n) is 7.96. The molecule has 9 heteroatoms. The molecular formula is C17H15ClN6O2. The number of halogens is 1. The molecule has 26 heavy (non-hydrogen) atoms. The minimum absolute atomic E-state index is 0.146. The monoisotopic (exact) mass is 370 g/mol. The van der Waals surface area contributed by atoms with Crippen LogP contribution in [0.25, 0.3) is 33.5 Å². The second-order valence-electron chi connectivity index (χ2n) is 5.97. The molecule has 1 aromatic carbocycles. The Morgan fingerprint density at radius 1 is 1.42 bits per heavy atom. The third-order valence-electron chi connectivity index (χ3n) is 4.04. The first kappa shape index (κ1) is 16.5. The summed E-state index contributed by atoms with van der Waals surface area (Å²) in [5.74, 6) is -0.331. The lowest BCUT2D eigenvalue weighted by molar-refractivity contribution is 0.0924. The van der Waals surface area contributed by atoms with Gasteiger partial charge in [0.25, 0.3) is 5.91 Å². The maximum atomic E-state index is 12.4. The predicted octanol–water partition coefficient (Wildman–Crippen LogP) is 2.27. The van der Waals surface area contributed by atoms with Gasteiger partial charge in [-0.3, -0.25) is 9.89 Å². The Hall–Kier alpha value is -2.97. The molecule has 0 spiro atoms. The molecule has 3 heterocycles. The average Bonchev–Trinajstić information content (AvgIpc) is 3.24. The molecule has 0 bridgehead atoms. The molecule has 4 aromatic rings. The zero-order chi connectivity index (χ0) is 18.3. The Morgan fingerprint density at radius 2 is 2.27 bits per heavy atom. The Morgan fingerprint density at radius 3 is 3.08 bits per heavy atom. The summed E-state index contributed by atoms with van der Waals surface area (Å²) in [7, 11) is 0. The molecule has 4 N–H and O–H groups in total. The molecule has 0 radical (unpaired) electrons. The molecule has 0 saturated carbocycles. The molecule has 0 fully saturated rings. The molecule has 0 aliphatic heterocycles. The summed E-state index contributed by atoms with van der Waals surface area (Å²) < 4.78 is 0. The number of hydrogen-bond donors (Lipinski definition) is 4. The number of aromatic nitrogens is 5. The lowest BCUT2D eigenvalue weighted by Gasteiger charge is -2.09. The van der Waals surface area contributed by atoms with Crippen LogP contribution >= 0.6 is 11.6 Å². The highest BCUT2D eigenvalue weighted by atomic mass is 35.5. The number of nitrogens with one attached hydrogen (secondary N) is 3. The van der Waals surface area contributed by atoms with Crippen LogP contribution in [0, 0.1) is 0 Å². The molecule has 0 aliphatic rings. The van der Waals surface area contributed by atoms with E-state index in [9.17, 15) is 4.79 Å². The van der Waals surface area contributed by atoms with Crippen LogP contribution in [0.1, 0.15) is 17.3 Å². The van der Waals surface area contributed by atoms with Gasteiger partial charge in [-0.15, -0.1) is 0 Å². The van der Waals surface area contributed by atoms with Crippen LogP contribution in [0.2, 0.25) is 5.02 Å². The van der Waals surface area contributed by atoms with E-state index in [1.807, 2.05) is 6.07 Å². The molecular weight excluding hydrogens is 356 g/mol. The first-order chi connectivity index (χ1) is 12.6. The molecule has 4 rings (SSSR count). The second kappa shape index (κ2) is 6.40. The number of benzene rings is 1. The van der Waals surface area contributed by atoms with Crippen molar-refractivity contribution in [3.05, 3.63) is 41.2 Å². The van der Waals surface area contributed by atoms with Gasteiger partial charge in [0.15, 0.2) is 5.65 Å². The van der Waals surface area contributed by atoms with Gasteiger partial charge in [0.05, 0.1) is 23.9 Å². The molecule has 0 aliphatic carbocycles. The third kappa shape index (κ3) is 2.79. The first-order valence-corrected chi connectivity index (χ1v) is 8.34. The van der Waals surface area contributed by atoms with E-state index in [4.69, 9.17) is 16.7 Å². The Labute approximate surface area is 152 Å². The quantitative estimate of drug-likeness (QED) is 0.439. The van der Waals surface area contributed by atoms with Crippen molar-refractivity contribution in [3.63, 3.8) is 0 Å². The van der Waals surface area contributed by atoms with Crippen LogP contribution in [0.15, 0.2) is 30.6 Å². The van der Waals surface area contributed by atoms with E-state index in [1.54, 1.807) is 31.5 Å². The highest BCUT2D eigenvalue weighted by Gasteiger charge is 2.18. The number of aliphatic hydroxyl groups is 1. The van der Waals surface area contributed by atoms with Crippen LogP contribution in [-0.2, 0) is 0 Å². The molecule has 8 nitrogen and oxygen atoms in total. The molecule has 3 aromatic heterocycles. The number of hydrogen-bond acceptors (Lipinski definition) is 5. The van der Waals surface area contributed by atoms with Crippen molar-refractivity contribution in [3.8, 4) is 11.4 Å². The number of fused-ring (bicyclic) bond motifs is 2. The average molecular weight is 371 g/mol. The highest BCUT2D eigenvalue weighted by molar-refractivity contribution is 6.31. The van der Waals surface area contributed by atoms with E-state index in [1.165, 1.54) is 0 Å². The fraction of sp³-hybridized carbons (Fsp3) is 0.176. The van der Waals surface area contributed by atoms with Gasteiger partial charge < -0.3 is 15.4 Å². The van der Waals surface area contributed by atoms with E-state index in [0.717, 1.165) is 10.9 Å². The third-order valence-corrected chi connectivity index (χ3v) is 4.28. The van der Waals surface area contributed by atoms with Crippen LogP contribution in [0.5, 0.6) is 0 Å². The van der Waals surface area contributed by atoms with Gasteiger partial charge in [0.1, 0.15) is 16.9 Å². The van der Waals surface area contributed by atoms with Gasteiger partial charge in [-0.05, 0) is 25.1 Å². The van der Waals surface area contributed by atoms with Crippen molar-refractivity contribution < 1.29 is 9.90 Å². The lowest BCUT2D eigenvalue weighted by atomic mass is 10.1. The van der Waals surface area contributed by atoms with E-state index in [0.29, 0.717) is 33.1 Å². The minimum Gasteiger partial charge on any atom is -0.394 e. The summed E-state index contributed by atoms with van der Waals surface area (Å²) in [6.07, 6.45) is 3.15. The zero-order valence-electron chi connectivity index (χ0n) is 13.7. The Bertz CT molecular complexity index is 1120. The van der Waals surface area contributed by atoms with Crippen molar-refractivity contribution in [1.29, 1.82) is 0 Å². The standard InChI is InChI=1S/C17H15ClN6O2/c1-8(7-25)21-17(26)11-5-19-16-15(11)22-13(6-20-16)14-10-3-2-9(18)4-12(10)23-24-14/h2-6,8,25H,7H2,1H3,(H,19,20)(H,21,26)(H,23,24)/t8-/m1/s1. The summed E-state index contributed by atoms with van der Waals surface area (Å²) in [5, 5.41) is 20.5. The molecule has 1 atom stereocenters. The highest BCUT2D eigenvalue weighted by Crippen LogP contribution is 2.28. The summed E-state index contributed by atoms with van der Waals surface area (Å²) in [5.41, 5.74) is 3.25. The van der Waals surface area contributed by atoms with Gasteiger partial charge in [0, 0.05) is 22.6 Å². The number of carbonyl (C=O) groups excluding carboxylic acids is 1. The van der Waals surface area contributed by atoms with Gasteiger partial charge in [0.2, 0.25) is 0 Å². The lowest BCUT2D eigenvalue weighted by Crippen LogP contribution is -2.34. The Kier molecular flexibility index (Phi) is 4.06. The number of aliphatic hydroxyl groups excluding tert-OH is 1. The summed E-state index contributed by atoms with van der Waals surface area (Å²) >= 11 is 6.00. The van der Waals surface area contributed by atoms with E-state index >= 15 is 0 Å². The fourth-order valence-corrected chi connectivity index (χ4v) is 2.88. The van der Waals surface area contributed by atoms with Gasteiger partial charge in [-0.1, -0.05) is 11.6 Å². The fourth-order valence-electron chi connectivity index (χ4n) is 2.71. The van der Waals surface area contributed by atoms with Crippen molar-refractivity contribution in [2.45, 2.75) is 13.0 Å². The topological polar surface area (TPSA) is 120 Å². The Balaban J connectivity index is 1.79. The SMILES string of the molecule is C[C@H](CO)NC(=O)c1c[nH]c2ncc(-c3n[nH]c4cc(Cl)ccc34)nc12. The normalized spacial score (nSPS) is 12.6. The van der Waals surface area contributed by atoms with Crippen LogP contribution in [0.3, 0.4) is 0 Å². The summed E-state index contributed by atoms with van der Waals surface area (Å²) in [4.78, 5) is 24.2. The van der Waals surface area contributed by atoms with Gasteiger partial charge >= 0.3 is 0 Å². The predicted molar refractivity (Wildman–Crippen MR) is 98.0 cm³/mol. The van der Waals surface area contributed by atoms with Crippen molar-refractivity contribution in [2.24, 2.45) is 0 Å². The van der Waals surface area contributed by atoms with E-state index in [2.05, 4.69) is 30.5 Å². The van der Waals surface area contributed by atoms with Crippen molar-refractivity contribution >= 4 is 39.6 Å². The van der Waals surface area contributed by atoms with Crippen LogP contribution in [-0.4, -0.2) is 48.8 Å². The van der Waals surface area contributed by atoms with Gasteiger partial charge in [-0.2, -0.15) is 5.10 Å². The second-order valence-corrected chi connectivity index (χ2v) is 6.41. The minimum atomic E-state index is -0.358. The zero-order valence-corrected chi connectivity index (χ0v) is 14.5. The number of rotatable bonds is 4. The largest absolute Gasteiger partial charge is 0.394 e. The summed E-state index contributed by atoms with van der Waals surface area (Å²) in [6, 6.07) is 5.06. The van der Waals surface area contributed by atoms with Crippen molar-refractivity contribution in [1.82, 2.24) is 30.5 Å². The maximum absolute atomic E-state index is 12.4. The van der Waals surface area contributed by atoms with Crippen molar-refractivity contribution in [2.75, 3.05) is 6.61 Å². The number of amides is 1. The van der Waals surface area contributed by atoms with Gasteiger partial charge in [-0.25, -0.2) is 9.97 Å². The van der Waals surface area contributed by atoms with E-state index in [-0.39, 0.29) is 18.6 Å². The van der Waals surface area contributed by atoms with E-state index < -0.39 is 0 Å². The molecule has 0 saturated heterocycles. The smallest absolute Gasteiger partial charge is 0.255 e. The summed E-state index contributed by atoms with van der Waals surface area (Å²) in [6.45, 7) is 1.57. The van der Waals surface area contributed by atoms with Crippen LogP contribution < -0.4 is 5.32 Å². The number of aromatic amines is 2. The number of H-pyrrole nitrogens is 2. The molecule has 0 unspecified atom stereocenters. The molecule has 132 valence electrons. The maximum Gasteiger partial charge on any atom is 0.255 e. The van der Waals surface area contributed by atoms with Crippen LogP contribution in [0.4, 0.5) is 0 Å². The number of carbonyl (C=O) groups is 1. The number of nitrogens with zero attached hydrogens (tertiary/aromatic N) is 3.